The van der Waals surface area contributed by atoms with Crippen molar-refractivity contribution in [2.45, 2.75) is 11.8 Å². The van der Waals surface area contributed by atoms with E-state index in [1.165, 1.54) is 23.1 Å². The van der Waals surface area contributed by atoms with Gasteiger partial charge in [-0.15, -0.1) is 23.1 Å². The fraction of sp³-hybridized carbons (Fsp3) is 0.182. The van der Waals surface area contributed by atoms with E-state index in [1.54, 1.807) is 12.3 Å². The van der Waals surface area contributed by atoms with Crippen LogP contribution in [0.1, 0.15) is 16.1 Å². The van der Waals surface area contributed by atoms with Gasteiger partial charge < -0.3 is 4.42 Å². The Labute approximate surface area is 117 Å². The molecule has 90 valence electrons. The summed E-state index contributed by atoms with van der Waals surface area (Å²) in [6, 6.07) is 3.45. The van der Waals surface area contributed by atoms with Crippen molar-refractivity contribution in [1.82, 2.24) is 0 Å². The maximum atomic E-state index is 11.9. The Bertz CT molecular complexity index is 545. The van der Waals surface area contributed by atoms with E-state index < -0.39 is 0 Å². The van der Waals surface area contributed by atoms with Crippen molar-refractivity contribution in [2.24, 2.45) is 0 Å². The Morgan fingerprint density at radius 3 is 2.82 bits per heavy atom. The number of thiophene rings is 1. The molecule has 0 amide bonds. The highest BCUT2D eigenvalue weighted by molar-refractivity contribution is 8.00. The summed E-state index contributed by atoms with van der Waals surface area (Å²) in [6.45, 7) is 1.86. The topological polar surface area (TPSA) is 30.2 Å². The number of Topliss-reactive ketones (excluding diaryl/α,β-unsaturated/α-hetero) is 1. The summed E-state index contributed by atoms with van der Waals surface area (Å²) in [5.41, 5.74) is 0.496. The lowest BCUT2D eigenvalue weighted by atomic mass is 10.2. The summed E-state index contributed by atoms with van der Waals surface area (Å²) in [4.78, 5) is 12.9. The number of carbonyl (C=O) groups is 1. The Balaban J connectivity index is 2.03. The fourth-order valence-corrected chi connectivity index (χ4v) is 3.62. The highest BCUT2D eigenvalue weighted by atomic mass is 35.5. The molecule has 0 bridgehead atoms. The Kier molecular flexibility index (Phi) is 4.20. The van der Waals surface area contributed by atoms with E-state index in [2.05, 4.69) is 0 Å². The third-order valence-corrected chi connectivity index (χ3v) is 4.76. The van der Waals surface area contributed by atoms with E-state index in [9.17, 15) is 4.79 Å². The van der Waals surface area contributed by atoms with Gasteiger partial charge in [-0.25, -0.2) is 0 Å². The molecule has 2 heterocycles. The van der Waals surface area contributed by atoms with Crippen LogP contribution >= 0.6 is 46.3 Å². The van der Waals surface area contributed by atoms with Crippen LogP contribution in [0, 0.1) is 6.92 Å². The van der Waals surface area contributed by atoms with Gasteiger partial charge in [-0.3, -0.25) is 4.79 Å². The molecule has 0 atom stereocenters. The third-order valence-electron chi connectivity index (χ3n) is 2.13. The zero-order chi connectivity index (χ0) is 12.4. The SMILES string of the molecule is Cc1occc1SCC(=O)c1cc(Cl)sc1Cl. The van der Waals surface area contributed by atoms with Crippen molar-refractivity contribution in [3.8, 4) is 0 Å². The molecule has 2 aromatic heterocycles. The van der Waals surface area contributed by atoms with Gasteiger partial charge in [0.05, 0.1) is 16.4 Å². The van der Waals surface area contributed by atoms with Gasteiger partial charge in [-0.2, -0.15) is 0 Å². The van der Waals surface area contributed by atoms with E-state index >= 15 is 0 Å². The van der Waals surface area contributed by atoms with Gasteiger partial charge in [0.2, 0.25) is 0 Å². The molecule has 2 aromatic rings. The van der Waals surface area contributed by atoms with Gasteiger partial charge in [0.25, 0.3) is 0 Å². The number of aryl methyl sites for hydroxylation is 1. The second kappa shape index (κ2) is 5.48. The van der Waals surface area contributed by atoms with E-state index in [1.807, 2.05) is 13.0 Å². The molecular formula is C11H8Cl2O2S2. The molecular weight excluding hydrogens is 299 g/mol. The summed E-state index contributed by atoms with van der Waals surface area (Å²) < 4.78 is 6.13. The second-order valence-electron chi connectivity index (χ2n) is 3.29. The summed E-state index contributed by atoms with van der Waals surface area (Å²) >= 11 is 14.4. The number of hydrogen-bond acceptors (Lipinski definition) is 4. The molecule has 0 N–H and O–H groups in total. The standard InChI is InChI=1S/C11H8Cl2O2S2/c1-6-9(2-3-15-6)16-5-8(14)7-4-10(12)17-11(7)13/h2-4H,5H2,1H3. The average molecular weight is 307 g/mol. The van der Waals surface area contributed by atoms with Crippen molar-refractivity contribution < 1.29 is 9.21 Å². The predicted octanol–water partition coefficient (Wildman–Crippen LogP) is 4.93. The number of thioether (sulfide) groups is 1. The molecule has 0 saturated carbocycles. The van der Waals surface area contributed by atoms with Gasteiger partial charge in [0.15, 0.2) is 5.78 Å². The van der Waals surface area contributed by atoms with Crippen molar-refractivity contribution in [2.75, 3.05) is 5.75 Å². The zero-order valence-electron chi connectivity index (χ0n) is 8.83. The first-order chi connectivity index (χ1) is 8.08. The van der Waals surface area contributed by atoms with Gasteiger partial charge in [0.1, 0.15) is 10.1 Å². The van der Waals surface area contributed by atoms with E-state index in [0.29, 0.717) is 20.0 Å². The lowest BCUT2D eigenvalue weighted by Gasteiger charge is -1.98. The second-order valence-corrected chi connectivity index (χ2v) is 6.59. The lowest BCUT2D eigenvalue weighted by molar-refractivity contribution is 0.102. The van der Waals surface area contributed by atoms with Gasteiger partial charge >= 0.3 is 0 Å². The van der Waals surface area contributed by atoms with Crippen LogP contribution in [-0.4, -0.2) is 11.5 Å². The van der Waals surface area contributed by atoms with Crippen LogP contribution in [0.4, 0.5) is 0 Å². The minimum Gasteiger partial charge on any atom is -0.468 e. The molecule has 0 aliphatic rings. The Morgan fingerprint density at radius 1 is 1.53 bits per heavy atom. The van der Waals surface area contributed by atoms with Crippen LogP contribution in [0.5, 0.6) is 0 Å². The van der Waals surface area contributed by atoms with Crippen LogP contribution in [0.2, 0.25) is 8.67 Å². The zero-order valence-corrected chi connectivity index (χ0v) is 12.0. The Morgan fingerprint density at radius 2 is 2.29 bits per heavy atom. The number of rotatable bonds is 4. The maximum absolute atomic E-state index is 11.9. The van der Waals surface area contributed by atoms with Crippen LogP contribution in [-0.2, 0) is 0 Å². The monoisotopic (exact) mass is 306 g/mol. The first-order valence-corrected chi connectivity index (χ1v) is 7.28. The molecule has 0 aliphatic heterocycles. The molecule has 0 spiro atoms. The minimum atomic E-state index is -0.0243. The number of carbonyl (C=O) groups excluding carboxylic acids is 1. The number of hydrogen-bond donors (Lipinski definition) is 0. The van der Waals surface area contributed by atoms with Crippen LogP contribution in [0.25, 0.3) is 0 Å². The molecule has 6 heteroatoms. The van der Waals surface area contributed by atoms with Crippen LogP contribution < -0.4 is 0 Å². The number of ketones is 1. The predicted molar refractivity (Wildman–Crippen MR) is 72.8 cm³/mol. The molecule has 0 unspecified atom stereocenters. The molecule has 2 nitrogen and oxygen atoms in total. The molecule has 0 aliphatic carbocycles. The van der Waals surface area contributed by atoms with Gasteiger partial charge in [0, 0.05) is 10.5 Å². The van der Waals surface area contributed by atoms with Crippen LogP contribution in [0.15, 0.2) is 27.7 Å². The quantitative estimate of drug-likeness (QED) is 0.592. The fourth-order valence-electron chi connectivity index (χ4n) is 1.27. The molecule has 0 saturated heterocycles. The first kappa shape index (κ1) is 13.0. The van der Waals surface area contributed by atoms with E-state index in [4.69, 9.17) is 27.6 Å². The summed E-state index contributed by atoms with van der Waals surface area (Å²) in [5.74, 6) is 1.12. The smallest absolute Gasteiger partial charge is 0.175 e. The summed E-state index contributed by atoms with van der Waals surface area (Å²) in [5, 5.41) is 0. The van der Waals surface area contributed by atoms with Crippen molar-refractivity contribution in [3.63, 3.8) is 0 Å². The largest absolute Gasteiger partial charge is 0.468 e. The third kappa shape index (κ3) is 3.07. The van der Waals surface area contributed by atoms with Crippen molar-refractivity contribution >= 4 is 52.1 Å². The van der Waals surface area contributed by atoms with Crippen LogP contribution in [0.3, 0.4) is 0 Å². The molecule has 2 rings (SSSR count). The molecule has 0 aromatic carbocycles. The number of furan rings is 1. The van der Waals surface area contributed by atoms with Crippen molar-refractivity contribution in [1.29, 1.82) is 0 Å². The van der Waals surface area contributed by atoms with Gasteiger partial charge in [-0.1, -0.05) is 23.2 Å². The first-order valence-electron chi connectivity index (χ1n) is 4.73. The van der Waals surface area contributed by atoms with E-state index in [0.717, 1.165) is 10.7 Å². The average Bonchev–Trinajstić information content (AvgIpc) is 2.81. The molecule has 17 heavy (non-hydrogen) atoms. The van der Waals surface area contributed by atoms with E-state index in [-0.39, 0.29) is 5.78 Å². The minimum absolute atomic E-state index is 0.0243. The van der Waals surface area contributed by atoms with Crippen molar-refractivity contribution in [3.05, 3.63) is 38.4 Å². The normalized spacial score (nSPS) is 10.8. The molecule has 0 fully saturated rings. The highest BCUT2D eigenvalue weighted by Crippen LogP contribution is 2.33. The highest BCUT2D eigenvalue weighted by Gasteiger charge is 2.15. The number of halogens is 2. The maximum Gasteiger partial charge on any atom is 0.175 e. The Hall–Kier alpha value is -0.420. The lowest BCUT2D eigenvalue weighted by Crippen LogP contribution is -2.01. The summed E-state index contributed by atoms with van der Waals surface area (Å²) in [7, 11) is 0. The van der Waals surface area contributed by atoms with Gasteiger partial charge in [-0.05, 0) is 19.1 Å². The summed E-state index contributed by atoms with van der Waals surface area (Å²) in [6.07, 6.45) is 1.61. The molecule has 0 radical (unpaired) electrons.